The van der Waals surface area contributed by atoms with E-state index in [-0.39, 0.29) is 12.0 Å². The molecule has 0 aromatic carbocycles. The highest BCUT2D eigenvalue weighted by Crippen LogP contribution is 2.25. The van der Waals surface area contributed by atoms with E-state index < -0.39 is 10.0 Å². The van der Waals surface area contributed by atoms with E-state index in [2.05, 4.69) is 25.5 Å². The van der Waals surface area contributed by atoms with Gasteiger partial charge in [-0.2, -0.15) is 0 Å². The monoisotopic (exact) mass is 333 g/mol. The van der Waals surface area contributed by atoms with Crippen LogP contribution in [0.15, 0.2) is 16.3 Å². The van der Waals surface area contributed by atoms with Crippen molar-refractivity contribution in [2.75, 3.05) is 13.2 Å². The lowest BCUT2D eigenvalue weighted by Crippen LogP contribution is -2.33. The van der Waals surface area contributed by atoms with E-state index in [1.807, 2.05) is 0 Å². The Morgan fingerprint density at radius 2 is 2.00 bits per heavy atom. The summed E-state index contributed by atoms with van der Waals surface area (Å²) in [5, 5.41) is 8.89. The van der Waals surface area contributed by atoms with Crippen molar-refractivity contribution in [3.05, 3.63) is 17.0 Å². The number of aliphatic hydroxyl groups excluding tert-OH is 1. The van der Waals surface area contributed by atoms with E-state index in [1.165, 1.54) is 24.2 Å². The zero-order valence-corrected chi connectivity index (χ0v) is 14.8. The maximum Gasteiger partial charge on any atom is 0.250 e. The van der Waals surface area contributed by atoms with E-state index in [0.29, 0.717) is 17.2 Å². The molecule has 0 fully saturated rings. The summed E-state index contributed by atoms with van der Waals surface area (Å²) < 4.78 is 27.6. The summed E-state index contributed by atoms with van der Waals surface area (Å²) >= 11 is 1.23. The molecule has 6 heteroatoms. The number of hydrogen-bond acceptors (Lipinski definition) is 4. The van der Waals surface area contributed by atoms with Crippen LogP contribution in [0.4, 0.5) is 0 Å². The predicted octanol–water partition coefficient (Wildman–Crippen LogP) is 3.17. The third-order valence-electron chi connectivity index (χ3n) is 3.46. The molecule has 1 rings (SSSR count). The smallest absolute Gasteiger partial charge is 0.250 e. The molecule has 4 nitrogen and oxygen atoms in total. The van der Waals surface area contributed by atoms with Gasteiger partial charge in [-0.1, -0.05) is 40.0 Å². The van der Waals surface area contributed by atoms with E-state index >= 15 is 0 Å². The highest BCUT2D eigenvalue weighted by atomic mass is 32.2. The SMILES string of the molecule is CCCCCC(C)(C)CNS(=O)(=O)c1ccc(CCO)s1. The summed E-state index contributed by atoms with van der Waals surface area (Å²) in [4.78, 5) is 0.889. The molecule has 122 valence electrons. The van der Waals surface area contributed by atoms with Crippen LogP contribution in [0.1, 0.15) is 51.3 Å². The molecule has 0 atom stereocenters. The van der Waals surface area contributed by atoms with Crippen LogP contribution in [0.3, 0.4) is 0 Å². The minimum atomic E-state index is -3.43. The summed E-state index contributed by atoms with van der Waals surface area (Å²) in [6, 6.07) is 3.38. The van der Waals surface area contributed by atoms with Crippen LogP contribution in [0.25, 0.3) is 0 Å². The maximum absolute atomic E-state index is 12.3. The van der Waals surface area contributed by atoms with Gasteiger partial charge in [0.2, 0.25) is 10.0 Å². The van der Waals surface area contributed by atoms with Crippen LogP contribution in [-0.4, -0.2) is 26.7 Å². The van der Waals surface area contributed by atoms with E-state index in [1.54, 1.807) is 12.1 Å². The molecular formula is C15H27NO3S2. The van der Waals surface area contributed by atoms with Gasteiger partial charge in [-0.15, -0.1) is 11.3 Å². The maximum atomic E-state index is 12.3. The molecule has 0 saturated carbocycles. The fraction of sp³-hybridized carbons (Fsp3) is 0.733. The Morgan fingerprint density at radius 1 is 1.29 bits per heavy atom. The first kappa shape index (κ1) is 18.6. The van der Waals surface area contributed by atoms with Crippen molar-refractivity contribution in [1.29, 1.82) is 0 Å². The Balaban J connectivity index is 2.59. The van der Waals surface area contributed by atoms with Gasteiger partial charge in [-0.05, 0) is 24.0 Å². The molecule has 0 saturated heterocycles. The first-order valence-electron chi connectivity index (χ1n) is 7.50. The molecule has 0 bridgehead atoms. The van der Waals surface area contributed by atoms with E-state index in [0.717, 1.165) is 17.7 Å². The second-order valence-electron chi connectivity index (χ2n) is 6.14. The van der Waals surface area contributed by atoms with Crippen LogP contribution in [0.5, 0.6) is 0 Å². The van der Waals surface area contributed by atoms with Gasteiger partial charge in [0.25, 0.3) is 0 Å². The minimum absolute atomic E-state index is 0.0343. The first-order valence-corrected chi connectivity index (χ1v) is 9.80. The largest absolute Gasteiger partial charge is 0.396 e. The summed E-state index contributed by atoms with van der Waals surface area (Å²) in [6.07, 6.45) is 5.01. The summed E-state index contributed by atoms with van der Waals surface area (Å²) in [7, 11) is -3.43. The molecule has 0 unspecified atom stereocenters. The van der Waals surface area contributed by atoms with Gasteiger partial charge in [-0.3, -0.25) is 0 Å². The van der Waals surface area contributed by atoms with Crippen LogP contribution in [0.2, 0.25) is 0 Å². The molecule has 0 aliphatic heterocycles. The van der Waals surface area contributed by atoms with Crippen molar-refractivity contribution in [1.82, 2.24) is 4.72 Å². The zero-order valence-electron chi connectivity index (χ0n) is 13.2. The van der Waals surface area contributed by atoms with Crippen LogP contribution >= 0.6 is 11.3 Å². The molecule has 0 amide bonds. The molecule has 0 aliphatic carbocycles. The number of unbranched alkanes of at least 4 members (excludes halogenated alkanes) is 2. The molecule has 0 spiro atoms. The molecule has 1 aromatic heterocycles. The average molecular weight is 334 g/mol. The quantitative estimate of drug-likeness (QED) is 0.646. The summed E-state index contributed by atoms with van der Waals surface area (Å²) in [6.45, 7) is 6.84. The Hall–Kier alpha value is -0.430. The first-order chi connectivity index (χ1) is 9.80. The molecule has 0 radical (unpaired) electrons. The van der Waals surface area contributed by atoms with Gasteiger partial charge in [0.15, 0.2) is 0 Å². The lowest BCUT2D eigenvalue weighted by Gasteiger charge is -2.24. The van der Waals surface area contributed by atoms with Crippen LogP contribution in [-0.2, 0) is 16.4 Å². The minimum Gasteiger partial charge on any atom is -0.396 e. The third-order valence-corrected chi connectivity index (χ3v) is 6.50. The summed E-state index contributed by atoms with van der Waals surface area (Å²) in [5.74, 6) is 0. The number of aliphatic hydroxyl groups is 1. The van der Waals surface area contributed by atoms with Crippen molar-refractivity contribution < 1.29 is 13.5 Å². The van der Waals surface area contributed by atoms with Gasteiger partial charge in [0.1, 0.15) is 4.21 Å². The van der Waals surface area contributed by atoms with Gasteiger partial charge < -0.3 is 5.11 Å². The zero-order chi connectivity index (χ0) is 15.9. The second-order valence-corrected chi connectivity index (χ2v) is 9.30. The second kappa shape index (κ2) is 8.27. The number of thiophene rings is 1. The predicted molar refractivity (Wildman–Crippen MR) is 88.2 cm³/mol. The Kier molecular flexibility index (Phi) is 7.33. The third kappa shape index (κ3) is 6.46. The van der Waals surface area contributed by atoms with E-state index in [9.17, 15) is 8.42 Å². The van der Waals surface area contributed by atoms with E-state index in [4.69, 9.17) is 5.11 Å². The Labute approximate surface area is 132 Å². The van der Waals surface area contributed by atoms with Crippen molar-refractivity contribution in [2.45, 2.75) is 57.1 Å². The van der Waals surface area contributed by atoms with Crippen molar-refractivity contribution >= 4 is 21.4 Å². The van der Waals surface area contributed by atoms with Gasteiger partial charge in [-0.25, -0.2) is 13.1 Å². The standard InChI is InChI=1S/C15H27NO3S2/c1-4-5-6-10-15(2,3)12-16-21(18,19)14-8-7-13(20-14)9-11-17/h7-8,16-17H,4-6,9-12H2,1-3H3. The molecular weight excluding hydrogens is 306 g/mol. The molecule has 1 heterocycles. The highest BCUT2D eigenvalue weighted by molar-refractivity contribution is 7.91. The van der Waals surface area contributed by atoms with Crippen molar-refractivity contribution in [3.8, 4) is 0 Å². The average Bonchev–Trinajstić information content (AvgIpc) is 2.87. The number of sulfonamides is 1. The van der Waals surface area contributed by atoms with Crippen molar-refractivity contribution in [3.63, 3.8) is 0 Å². The lowest BCUT2D eigenvalue weighted by atomic mass is 9.87. The number of nitrogens with one attached hydrogen (secondary N) is 1. The van der Waals surface area contributed by atoms with Gasteiger partial charge >= 0.3 is 0 Å². The van der Waals surface area contributed by atoms with Gasteiger partial charge in [0, 0.05) is 24.4 Å². The molecule has 0 aliphatic rings. The number of hydrogen-bond donors (Lipinski definition) is 2. The van der Waals surface area contributed by atoms with Gasteiger partial charge in [0.05, 0.1) is 0 Å². The molecule has 1 aromatic rings. The highest BCUT2D eigenvalue weighted by Gasteiger charge is 2.23. The summed E-state index contributed by atoms with van der Waals surface area (Å²) in [5.41, 5.74) is -0.0343. The van der Waals surface area contributed by atoms with Crippen LogP contribution in [0, 0.1) is 5.41 Å². The Bertz CT molecular complexity index is 521. The molecule has 21 heavy (non-hydrogen) atoms. The normalized spacial score (nSPS) is 12.8. The van der Waals surface area contributed by atoms with Crippen LogP contribution < -0.4 is 4.72 Å². The molecule has 2 N–H and O–H groups in total. The topological polar surface area (TPSA) is 66.4 Å². The number of rotatable bonds is 10. The lowest BCUT2D eigenvalue weighted by molar-refractivity contribution is 0.300. The fourth-order valence-corrected chi connectivity index (χ4v) is 4.68. The fourth-order valence-electron chi connectivity index (χ4n) is 2.05. The Morgan fingerprint density at radius 3 is 2.62 bits per heavy atom. The van der Waals surface area contributed by atoms with Crippen molar-refractivity contribution in [2.24, 2.45) is 5.41 Å².